The van der Waals surface area contributed by atoms with E-state index >= 15 is 0 Å². The van der Waals surface area contributed by atoms with Crippen LogP contribution in [0.1, 0.15) is 29.5 Å². The Kier molecular flexibility index (Phi) is 4.18. The monoisotopic (exact) mass is 343 g/mol. The van der Waals surface area contributed by atoms with Crippen LogP contribution in [0.15, 0.2) is 27.4 Å². The Balaban J connectivity index is 1.61. The predicted molar refractivity (Wildman–Crippen MR) is 95.5 cm³/mol. The van der Waals surface area contributed by atoms with Gasteiger partial charge in [0.05, 0.1) is 12.2 Å². The number of benzene rings is 1. The largest absolute Gasteiger partial charge is 0.423 e. The van der Waals surface area contributed by atoms with Gasteiger partial charge in [0, 0.05) is 31.1 Å². The lowest BCUT2D eigenvalue weighted by atomic mass is 9.79. The van der Waals surface area contributed by atoms with Crippen LogP contribution in [-0.2, 0) is 6.54 Å². The summed E-state index contributed by atoms with van der Waals surface area (Å²) in [7, 11) is 0. The fraction of sp³-hybridized carbons (Fsp3) is 0.550. The molecule has 1 aromatic heterocycles. The van der Waals surface area contributed by atoms with E-state index in [-0.39, 0.29) is 5.63 Å². The van der Waals surface area contributed by atoms with Crippen molar-refractivity contribution in [3.05, 3.63) is 45.3 Å². The van der Waals surface area contributed by atoms with Gasteiger partial charge in [0.15, 0.2) is 0 Å². The maximum atomic E-state index is 12.0. The molecule has 1 aliphatic heterocycles. The Morgan fingerprint density at radius 2 is 1.64 bits per heavy atom. The fourth-order valence-electron chi connectivity index (χ4n) is 4.49. The highest BCUT2D eigenvalue weighted by Crippen LogP contribution is 2.37. The zero-order valence-electron chi connectivity index (χ0n) is 14.7. The number of hydrogen-bond donors (Lipinski definition) is 2. The zero-order valence-corrected chi connectivity index (χ0v) is 14.7. The van der Waals surface area contributed by atoms with Gasteiger partial charge in [-0.1, -0.05) is 0 Å². The second kappa shape index (κ2) is 6.24. The standard InChI is InChI=1S/C20H25NO4/c1-11-3-16-15(7-20(24)25-19(16)4-12(11)2)10-21-8-13-5-17(22)18(23)6-14(13)9-21/h3-4,7,13-14,17-18,22-23H,5-6,8-10H2,1-2H3/t13-,14+,17-,18-/m0/s1. The third-order valence-electron chi connectivity index (χ3n) is 6.02. The van der Waals surface area contributed by atoms with E-state index in [1.54, 1.807) is 6.07 Å². The van der Waals surface area contributed by atoms with Crippen LogP contribution in [0.25, 0.3) is 11.0 Å². The van der Waals surface area contributed by atoms with Crippen molar-refractivity contribution in [1.82, 2.24) is 4.90 Å². The first-order valence-electron chi connectivity index (χ1n) is 9.03. The topological polar surface area (TPSA) is 73.9 Å². The summed E-state index contributed by atoms with van der Waals surface area (Å²) in [5.74, 6) is 0.850. The molecular weight excluding hydrogens is 318 g/mol. The number of aliphatic hydroxyl groups excluding tert-OH is 2. The number of rotatable bonds is 2. The number of hydrogen-bond acceptors (Lipinski definition) is 5. The van der Waals surface area contributed by atoms with E-state index < -0.39 is 12.2 Å². The molecule has 5 heteroatoms. The minimum Gasteiger partial charge on any atom is -0.423 e. The van der Waals surface area contributed by atoms with E-state index in [0.29, 0.717) is 36.8 Å². The Bertz CT molecular complexity index is 841. The molecule has 4 rings (SSSR count). The molecule has 0 spiro atoms. The smallest absolute Gasteiger partial charge is 0.336 e. The number of nitrogens with zero attached hydrogens (tertiary/aromatic N) is 1. The highest BCUT2D eigenvalue weighted by Gasteiger charge is 2.41. The Hall–Kier alpha value is -1.69. The molecule has 25 heavy (non-hydrogen) atoms. The highest BCUT2D eigenvalue weighted by atomic mass is 16.4. The summed E-state index contributed by atoms with van der Waals surface area (Å²) in [6, 6.07) is 5.63. The van der Waals surface area contributed by atoms with Crippen LogP contribution < -0.4 is 5.63 Å². The van der Waals surface area contributed by atoms with Crippen molar-refractivity contribution >= 4 is 11.0 Å². The Morgan fingerprint density at radius 3 is 2.28 bits per heavy atom. The van der Waals surface area contributed by atoms with Crippen LogP contribution in [0.4, 0.5) is 0 Å². The van der Waals surface area contributed by atoms with Gasteiger partial charge < -0.3 is 14.6 Å². The molecule has 4 atom stereocenters. The average molecular weight is 343 g/mol. The van der Waals surface area contributed by atoms with Gasteiger partial charge in [-0.2, -0.15) is 0 Å². The number of aliphatic hydroxyl groups is 2. The highest BCUT2D eigenvalue weighted by molar-refractivity contribution is 5.81. The lowest BCUT2D eigenvalue weighted by Crippen LogP contribution is -2.38. The molecule has 0 bridgehead atoms. The summed E-state index contributed by atoms with van der Waals surface area (Å²) in [4.78, 5) is 14.3. The molecule has 1 saturated carbocycles. The van der Waals surface area contributed by atoms with Crippen LogP contribution in [0, 0.1) is 25.7 Å². The van der Waals surface area contributed by atoms with Crippen LogP contribution >= 0.6 is 0 Å². The van der Waals surface area contributed by atoms with E-state index in [0.717, 1.165) is 29.6 Å². The van der Waals surface area contributed by atoms with Gasteiger partial charge in [-0.25, -0.2) is 4.79 Å². The van der Waals surface area contributed by atoms with Gasteiger partial charge in [0.2, 0.25) is 0 Å². The van der Waals surface area contributed by atoms with Gasteiger partial charge in [0.1, 0.15) is 5.58 Å². The fourth-order valence-corrected chi connectivity index (χ4v) is 4.49. The van der Waals surface area contributed by atoms with E-state index in [9.17, 15) is 15.0 Å². The Labute approximate surface area is 146 Å². The molecule has 0 radical (unpaired) electrons. The molecule has 2 aromatic rings. The van der Waals surface area contributed by atoms with Crippen LogP contribution in [0.3, 0.4) is 0 Å². The lowest BCUT2D eigenvalue weighted by Gasteiger charge is -2.32. The maximum Gasteiger partial charge on any atom is 0.336 e. The summed E-state index contributed by atoms with van der Waals surface area (Å²) in [5.41, 5.74) is 3.63. The van der Waals surface area contributed by atoms with Gasteiger partial charge in [-0.05, 0) is 67.3 Å². The second-order valence-electron chi connectivity index (χ2n) is 7.84. The van der Waals surface area contributed by atoms with Gasteiger partial charge in [-0.15, -0.1) is 0 Å². The molecule has 2 N–H and O–H groups in total. The van der Waals surface area contributed by atoms with E-state index in [1.165, 1.54) is 5.56 Å². The second-order valence-corrected chi connectivity index (χ2v) is 7.84. The molecule has 134 valence electrons. The minimum absolute atomic E-state index is 0.312. The molecule has 1 aliphatic carbocycles. The van der Waals surface area contributed by atoms with E-state index in [4.69, 9.17) is 4.42 Å². The summed E-state index contributed by atoms with van der Waals surface area (Å²) in [5, 5.41) is 20.8. The van der Waals surface area contributed by atoms with Crippen molar-refractivity contribution in [2.75, 3.05) is 13.1 Å². The van der Waals surface area contributed by atoms with Gasteiger partial charge in [-0.3, -0.25) is 4.90 Å². The van der Waals surface area contributed by atoms with Crippen molar-refractivity contribution in [1.29, 1.82) is 0 Å². The van der Waals surface area contributed by atoms with Crippen molar-refractivity contribution in [3.63, 3.8) is 0 Å². The van der Waals surface area contributed by atoms with E-state index in [1.807, 2.05) is 13.0 Å². The molecule has 1 saturated heterocycles. The minimum atomic E-state index is -0.601. The van der Waals surface area contributed by atoms with Crippen molar-refractivity contribution in [2.24, 2.45) is 11.8 Å². The summed E-state index contributed by atoms with van der Waals surface area (Å²) < 4.78 is 5.39. The van der Waals surface area contributed by atoms with Gasteiger partial charge >= 0.3 is 5.63 Å². The third-order valence-corrected chi connectivity index (χ3v) is 6.02. The normalized spacial score (nSPS) is 29.9. The molecule has 5 nitrogen and oxygen atoms in total. The number of aryl methyl sites for hydroxylation is 2. The lowest BCUT2D eigenvalue weighted by molar-refractivity contribution is -0.0372. The number of fused-ring (bicyclic) bond motifs is 2. The summed E-state index contributed by atoms with van der Waals surface area (Å²) >= 11 is 0. The van der Waals surface area contributed by atoms with Crippen LogP contribution in [0.2, 0.25) is 0 Å². The van der Waals surface area contributed by atoms with Gasteiger partial charge in [0.25, 0.3) is 0 Å². The first kappa shape index (κ1) is 16.8. The maximum absolute atomic E-state index is 12.0. The molecule has 2 aliphatic rings. The zero-order chi connectivity index (χ0) is 17.7. The first-order chi connectivity index (χ1) is 11.9. The molecule has 2 heterocycles. The van der Waals surface area contributed by atoms with Crippen LogP contribution in [-0.4, -0.2) is 40.4 Å². The summed E-state index contributed by atoms with van der Waals surface area (Å²) in [6.07, 6.45) is 0.129. The molecule has 0 amide bonds. The van der Waals surface area contributed by atoms with Crippen molar-refractivity contribution < 1.29 is 14.6 Å². The Morgan fingerprint density at radius 1 is 1.04 bits per heavy atom. The van der Waals surface area contributed by atoms with Crippen molar-refractivity contribution in [2.45, 2.75) is 45.4 Å². The number of likely N-dealkylation sites (tertiary alicyclic amines) is 1. The molecule has 2 fully saturated rings. The molecule has 0 unspecified atom stereocenters. The summed E-state index contributed by atoms with van der Waals surface area (Å²) in [6.45, 7) is 6.59. The third kappa shape index (κ3) is 3.12. The predicted octanol–water partition coefficient (Wildman–Crippen LogP) is 1.97. The van der Waals surface area contributed by atoms with Crippen LogP contribution in [0.5, 0.6) is 0 Å². The van der Waals surface area contributed by atoms with Crippen molar-refractivity contribution in [3.8, 4) is 0 Å². The van der Waals surface area contributed by atoms with E-state index in [2.05, 4.69) is 17.9 Å². The average Bonchev–Trinajstić information content (AvgIpc) is 2.91. The SMILES string of the molecule is Cc1cc2oc(=O)cc(CN3C[C@H]4C[C@H](O)[C@@H](O)C[C@H]4C3)c2cc1C. The first-order valence-corrected chi connectivity index (χ1v) is 9.03. The molecular formula is C20H25NO4. The quantitative estimate of drug-likeness (QED) is 0.816. The molecule has 1 aromatic carbocycles.